The molecule has 12 heteroatoms. The van der Waals surface area contributed by atoms with Crippen molar-refractivity contribution in [2.45, 2.75) is 25.7 Å². The number of carbonyl (C=O) groups is 6. The molecule has 31 heavy (non-hydrogen) atoms. The fourth-order valence-electron chi connectivity index (χ4n) is 2.50. The summed E-state index contributed by atoms with van der Waals surface area (Å²) in [6, 6.07) is 6.51. The minimum absolute atomic E-state index is 0.0307. The van der Waals surface area contributed by atoms with E-state index < -0.39 is 35.6 Å². The van der Waals surface area contributed by atoms with Crippen molar-refractivity contribution >= 4 is 41.3 Å². The average Bonchev–Trinajstić information content (AvgIpc) is 3.24. The van der Waals surface area contributed by atoms with E-state index in [-0.39, 0.29) is 37.8 Å². The highest BCUT2D eigenvalue weighted by Crippen LogP contribution is 2.15. The summed E-state index contributed by atoms with van der Waals surface area (Å²) in [6.45, 7) is -0.0307. The predicted molar refractivity (Wildman–Crippen MR) is 104 cm³/mol. The smallest absolute Gasteiger partial charge is 0.363 e. The van der Waals surface area contributed by atoms with Gasteiger partial charge in [0.05, 0.1) is 12.1 Å². The number of hydroxylamine groups is 4. The van der Waals surface area contributed by atoms with E-state index in [1.165, 1.54) is 0 Å². The summed E-state index contributed by atoms with van der Waals surface area (Å²) in [5.74, 6) is -3.27. The number of carbonyl (C=O) groups excluding carboxylic acids is 6. The topological polar surface area (TPSA) is 151 Å². The predicted octanol–water partition coefficient (Wildman–Crippen LogP) is -0.238. The quantitative estimate of drug-likeness (QED) is 0.574. The van der Waals surface area contributed by atoms with E-state index in [1.54, 1.807) is 38.4 Å². The molecule has 4 amide bonds. The minimum atomic E-state index is -0.721. The molecule has 0 radical (unpaired) electrons. The Morgan fingerprint density at radius 3 is 1.68 bits per heavy atom. The highest BCUT2D eigenvalue weighted by Gasteiger charge is 2.33. The molecule has 0 aromatic heterocycles. The molecule has 2 fully saturated rings. The maximum atomic E-state index is 11.7. The van der Waals surface area contributed by atoms with Gasteiger partial charge < -0.3 is 20.3 Å². The van der Waals surface area contributed by atoms with Crippen LogP contribution in [0.25, 0.3) is 0 Å². The lowest BCUT2D eigenvalue weighted by Gasteiger charge is -2.12. The van der Waals surface area contributed by atoms with Crippen LogP contribution in [0.2, 0.25) is 0 Å². The third-order valence-corrected chi connectivity index (χ3v) is 4.11. The van der Waals surface area contributed by atoms with Crippen molar-refractivity contribution in [3.05, 3.63) is 29.8 Å². The molecule has 2 heterocycles. The van der Waals surface area contributed by atoms with E-state index in [9.17, 15) is 28.8 Å². The summed E-state index contributed by atoms with van der Waals surface area (Å²) in [7, 11) is 3.32. The molecule has 12 nitrogen and oxygen atoms in total. The second-order valence-corrected chi connectivity index (χ2v) is 6.36. The molecule has 2 aliphatic heterocycles. The average molecular weight is 434 g/mol. The van der Waals surface area contributed by atoms with E-state index in [1.807, 2.05) is 0 Å². The van der Waals surface area contributed by atoms with Gasteiger partial charge in [0, 0.05) is 38.4 Å². The molecule has 0 bridgehead atoms. The number of nitrogens with one attached hydrogen (secondary N) is 2. The van der Waals surface area contributed by atoms with Crippen LogP contribution < -0.4 is 10.6 Å². The van der Waals surface area contributed by atoms with Crippen LogP contribution in [0.1, 0.15) is 36.0 Å². The number of rotatable bonds is 6. The van der Waals surface area contributed by atoms with E-state index in [0.717, 1.165) is 5.69 Å². The van der Waals surface area contributed by atoms with Gasteiger partial charge in [-0.3, -0.25) is 19.2 Å². The van der Waals surface area contributed by atoms with E-state index in [4.69, 9.17) is 4.84 Å². The fourth-order valence-corrected chi connectivity index (χ4v) is 2.50. The Kier molecular flexibility index (Phi) is 8.20. The van der Waals surface area contributed by atoms with Gasteiger partial charge in [-0.25, -0.2) is 9.59 Å². The van der Waals surface area contributed by atoms with Crippen molar-refractivity contribution in [2.75, 3.05) is 26.0 Å². The Balaban J connectivity index is 0.000000233. The molecule has 1 aromatic carbocycles. The van der Waals surface area contributed by atoms with Gasteiger partial charge >= 0.3 is 11.9 Å². The van der Waals surface area contributed by atoms with Crippen LogP contribution in [0, 0.1) is 0 Å². The maximum Gasteiger partial charge on any atom is 0.363 e. The Morgan fingerprint density at radius 2 is 1.26 bits per heavy atom. The Bertz CT molecular complexity index is 851. The lowest BCUT2D eigenvalue weighted by molar-refractivity contribution is -0.196. The molecule has 166 valence electrons. The third kappa shape index (κ3) is 6.34. The van der Waals surface area contributed by atoms with Gasteiger partial charge in [0.2, 0.25) is 0 Å². The molecule has 2 saturated heterocycles. The van der Waals surface area contributed by atoms with Gasteiger partial charge in [0.25, 0.3) is 23.6 Å². The number of hydrogen-bond acceptors (Lipinski definition) is 10. The molecular weight excluding hydrogens is 412 g/mol. The van der Waals surface area contributed by atoms with E-state index >= 15 is 0 Å². The molecule has 0 spiro atoms. The van der Waals surface area contributed by atoms with Crippen molar-refractivity contribution in [2.24, 2.45) is 0 Å². The van der Waals surface area contributed by atoms with Crippen molar-refractivity contribution in [3.63, 3.8) is 0 Å². The second-order valence-electron chi connectivity index (χ2n) is 6.36. The van der Waals surface area contributed by atoms with Crippen LogP contribution in [0.5, 0.6) is 0 Å². The number of hydrogen-bond donors (Lipinski definition) is 2. The molecule has 0 aliphatic carbocycles. The van der Waals surface area contributed by atoms with Crippen LogP contribution in [-0.4, -0.2) is 66.3 Å². The van der Waals surface area contributed by atoms with Crippen LogP contribution >= 0.6 is 0 Å². The first-order valence-corrected chi connectivity index (χ1v) is 9.34. The highest BCUT2D eigenvalue weighted by atomic mass is 16.7. The van der Waals surface area contributed by atoms with Crippen LogP contribution in [-0.2, 0) is 33.6 Å². The SMILES string of the molecule is CNCC(=O)ON1C(=O)CCC1=O.CNc1ccc(C(=O)ON2C(=O)CCC2=O)cc1. The van der Waals surface area contributed by atoms with Crippen molar-refractivity contribution < 1.29 is 38.4 Å². The van der Waals surface area contributed by atoms with E-state index in [0.29, 0.717) is 10.1 Å². The monoisotopic (exact) mass is 434 g/mol. The summed E-state index contributed by atoms with van der Waals surface area (Å²) >= 11 is 0. The first-order valence-electron chi connectivity index (χ1n) is 9.34. The molecule has 0 unspecified atom stereocenters. The zero-order chi connectivity index (χ0) is 23.0. The van der Waals surface area contributed by atoms with Gasteiger partial charge in [0.1, 0.15) is 0 Å². The summed E-state index contributed by atoms with van der Waals surface area (Å²) in [4.78, 5) is 76.2. The molecular formula is C19H22N4O8. The third-order valence-electron chi connectivity index (χ3n) is 4.11. The lowest BCUT2D eigenvalue weighted by atomic mass is 10.2. The Morgan fingerprint density at radius 1 is 0.806 bits per heavy atom. The molecule has 2 N–H and O–H groups in total. The summed E-state index contributed by atoms with van der Waals surface area (Å²) in [5, 5.41) is 6.52. The van der Waals surface area contributed by atoms with Gasteiger partial charge in [-0.1, -0.05) is 0 Å². The number of anilines is 1. The van der Waals surface area contributed by atoms with Gasteiger partial charge in [-0.15, -0.1) is 10.1 Å². The number of imide groups is 2. The molecule has 0 atom stereocenters. The molecule has 3 rings (SSSR count). The van der Waals surface area contributed by atoms with Gasteiger partial charge in [-0.05, 0) is 31.3 Å². The Hall–Kier alpha value is -3.80. The fraction of sp³-hybridized carbons (Fsp3) is 0.368. The van der Waals surface area contributed by atoms with Gasteiger partial charge in [-0.2, -0.15) is 0 Å². The highest BCUT2D eigenvalue weighted by molar-refractivity contribution is 6.03. The maximum absolute atomic E-state index is 11.7. The summed E-state index contributed by atoms with van der Waals surface area (Å²) in [5.41, 5.74) is 1.13. The summed E-state index contributed by atoms with van der Waals surface area (Å²) in [6.07, 6.45) is 0.410. The molecule has 1 aromatic rings. The number of benzene rings is 1. The zero-order valence-corrected chi connectivity index (χ0v) is 17.0. The second kappa shape index (κ2) is 10.8. The standard InChI is InChI=1S/C12H12N2O4.C7H10N2O4/c1-13-9-4-2-8(3-5-9)12(17)18-14-10(15)6-7-11(14)16;1-8-4-7(12)13-9-5(10)2-3-6(9)11/h2-5,13H,6-7H2,1H3;8H,2-4H2,1H3. The largest absolute Gasteiger partial charge is 0.388 e. The number of likely N-dealkylation sites (N-methyl/N-ethyl adjacent to an activating group) is 1. The van der Waals surface area contributed by atoms with Crippen molar-refractivity contribution in [3.8, 4) is 0 Å². The van der Waals surface area contributed by atoms with Crippen molar-refractivity contribution in [1.82, 2.24) is 15.4 Å². The first-order chi connectivity index (χ1) is 14.8. The Labute approximate surface area is 177 Å². The molecule has 0 saturated carbocycles. The first kappa shape index (κ1) is 23.5. The molecule has 2 aliphatic rings. The summed E-state index contributed by atoms with van der Waals surface area (Å²) < 4.78 is 0. The minimum Gasteiger partial charge on any atom is -0.388 e. The van der Waals surface area contributed by atoms with Crippen LogP contribution in [0.4, 0.5) is 5.69 Å². The number of amides is 4. The van der Waals surface area contributed by atoms with Crippen LogP contribution in [0.3, 0.4) is 0 Å². The normalized spacial score (nSPS) is 15.5. The zero-order valence-electron chi connectivity index (χ0n) is 17.0. The van der Waals surface area contributed by atoms with E-state index in [2.05, 4.69) is 15.5 Å². The van der Waals surface area contributed by atoms with Crippen molar-refractivity contribution in [1.29, 1.82) is 0 Å². The lowest BCUT2D eigenvalue weighted by Crippen LogP contribution is -2.35. The van der Waals surface area contributed by atoms with Crippen LogP contribution in [0.15, 0.2) is 24.3 Å². The van der Waals surface area contributed by atoms with Gasteiger partial charge in [0.15, 0.2) is 0 Å². The number of nitrogens with zero attached hydrogens (tertiary/aromatic N) is 2.